The highest BCUT2D eigenvalue weighted by atomic mass is 14.9. The molecule has 0 aliphatic heterocycles. The highest BCUT2D eigenvalue weighted by Gasteiger charge is 2.88. The predicted octanol–water partition coefficient (Wildman–Crippen LogP) is 4.31. The van der Waals surface area contributed by atoms with Crippen LogP contribution in [0.3, 0.4) is 0 Å². The Bertz CT molecular complexity index is 541. The van der Waals surface area contributed by atoms with Gasteiger partial charge >= 0.3 is 0 Å². The van der Waals surface area contributed by atoms with Crippen LogP contribution in [0.5, 0.6) is 0 Å². The predicted molar refractivity (Wildman–Crippen MR) is 81.1 cm³/mol. The third kappa shape index (κ3) is 0.703. The van der Waals surface area contributed by atoms with E-state index in [0.29, 0.717) is 0 Å². The SMILES string of the molecule is CC1[C@@H]2[C@H]3CC[C@@H]4C5[C@H]6CC[C@@H]7[C@H]1[C@@H]1[C@H]2[C@@H]([C@@H]34)C5(C)[C@H]1[C@H]76. The molecule has 15 atom stereocenters. The quantitative estimate of drug-likeness (QED) is 0.620. The lowest BCUT2D eigenvalue weighted by Crippen LogP contribution is -2.30. The highest BCUT2D eigenvalue weighted by Crippen LogP contribution is 2.92. The smallest absolute Gasteiger partial charge is 0.0224 e. The Morgan fingerprint density at radius 2 is 1.05 bits per heavy atom. The molecule has 0 N–H and O–H groups in total. The number of hydrogen-bond acceptors (Lipinski definition) is 0. The van der Waals surface area contributed by atoms with Crippen LogP contribution < -0.4 is 0 Å². The van der Waals surface area contributed by atoms with Gasteiger partial charge in [-0.05, 0) is 114 Å². The van der Waals surface area contributed by atoms with E-state index in [-0.39, 0.29) is 0 Å². The summed E-state index contributed by atoms with van der Waals surface area (Å²) in [6.45, 7) is 5.58. The zero-order valence-corrected chi connectivity index (χ0v) is 13.4. The Kier molecular flexibility index (Phi) is 1.36. The normalized spacial score (nSPS) is 86.0. The first-order chi connectivity index (χ1) is 10.2. The van der Waals surface area contributed by atoms with Crippen molar-refractivity contribution in [2.24, 2.45) is 88.3 Å². The molecule has 8 fully saturated rings. The van der Waals surface area contributed by atoms with Crippen molar-refractivity contribution in [1.29, 1.82) is 0 Å². The lowest BCUT2D eigenvalue weighted by molar-refractivity contribution is 0.123. The van der Waals surface area contributed by atoms with Gasteiger partial charge in [0.25, 0.3) is 0 Å². The summed E-state index contributed by atoms with van der Waals surface area (Å²) < 4.78 is 0. The third-order valence-electron chi connectivity index (χ3n) is 11.9. The first-order valence-electron chi connectivity index (χ1n) is 10.2. The fraction of sp³-hybridized carbons (Fsp3) is 1.00. The van der Waals surface area contributed by atoms with Gasteiger partial charge in [0.1, 0.15) is 0 Å². The van der Waals surface area contributed by atoms with Crippen LogP contribution in [-0.4, -0.2) is 0 Å². The van der Waals surface area contributed by atoms with Crippen molar-refractivity contribution in [2.45, 2.75) is 39.5 Å². The zero-order chi connectivity index (χ0) is 13.4. The lowest BCUT2D eigenvalue weighted by atomic mass is 9.69. The molecule has 8 aliphatic carbocycles. The van der Waals surface area contributed by atoms with Crippen molar-refractivity contribution >= 4 is 0 Å². The van der Waals surface area contributed by atoms with E-state index in [1.54, 1.807) is 25.7 Å². The van der Waals surface area contributed by atoms with Crippen molar-refractivity contribution in [3.63, 3.8) is 0 Å². The number of rotatable bonds is 0. The Hall–Kier alpha value is 0. The van der Waals surface area contributed by atoms with Gasteiger partial charge in [0.15, 0.2) is 0 Å². The molecular formula is C21H28. The maximum Gasteiger partial charge on any atom is -0.0224 e. The minimum absolute atomic E-state index is 0.848. The fourth-order valence-electron chi connectivity index (χ4n) is 12.8. The fourth-order valence-corrected chi connectivity index (χ4v) is 12.8. The summed E-state index contributed by atoms with van der Waals surface area (Å²) in [5.41, 5.74) is 0.848. The summed E-state index contributed by atoms with van der Waals surface area (Å²) in [5, 5.41) is 0. The molecule has 0 spiro atoms. The van der Waals surface area contributed by atoms with E-state index >= 15 is 0 Å². The van der Waals surface area contributed by atoms with E-state index in [1.165, 1.54) is 76.9 Å². The second-order valence-electron chi connectivity index (χ2n) is 11.1. The molecule has 0 saturated heterocycles. The second kappa shape index (κ2) is 2.67. The van der Waals surface area contributed by atoms with Crippen molar-refractivity contribution in [2.75, 3.05) is 0 Å². The van der Waals surface area contributed by atoms with Crippen molar-refractivity contribution in [1.82, 2.24) is 0 Å². The Labute approximate surface area is 128 Å². The molecule has 3 unspecified atom stereocenters. The summed E-state index contributed by atoms with van der Waals surface area (Å²) in [6, 6.07) is 0. The molecule has 0 aromatic heterocycles. The molecule has 0 aromatic rings. The molecule has 21 heavy (non-hydrogen) atoms. The molecule has 0 nitrogen and oxygen atoms in total. The molecule has 0 amide bonds. The molecule has 8 saturated carbocycles. The molecule has 0 aromatic carbocycles. The van der Waals surface area contributed by atoms with Gasteiger partial charge in [-0.25, -0.2) is 0 Å². The molecular weight excluding hydrogens is 252 g/mol. The summed E-state index contributed by atoms with van der Waals surface area (Å²) in [4.78, 5) is 0. The lowest BCUT2D eigenvalue weighted by Gasteiger charge is -2.35. The van der Waals surface area contributed by atoms with E-state index in [2.05, 4.69) is 13.8 Å². The standard InChI is InChI=1S/C21H28/c1-7-12-8-3-5-10-14(8)19-16(12)17-13(7)9-4-6-11-15(9)20(17)21(19,2)18(10)11/h7-20H,3-6H2,1-2H3/t7?,8-,9-,10+,11+,12-,13+,14+,15-,16+,17-,18?,19-,20+,21?/m1/s1. The van der Waals surface area contributed by atoms with Crippen molar-refractivity contribution in [3.05, 3.63) is 0 Å². The van der Waals surface area contributed by atoms with E-state index in [9.17, 15) is 0 Å². The van der Waals surface area contributed by atoms with Crippen LogP contribution in [0.15, 0.2) is 0 Å². The summed E-state index contributed by atoms with van der Waals surface area (Å²) >= 11 is 0. The van der Waals surface area contributed by atoms with E-state index in [1.807, 2.05) is 0 Å². The molecule has 0 heterocycles. The Morgan fingerprint density at radius 1 is 0.571 bits per heavy atom. The summed E-state index contributed by atoms with van der Waals surface area (Å²) in [5.74, 6) is 16.9. The van der Waals surface area contributed by atoms with Gasteiger partial charge in [-0.2, -0.15) is 0 Å². The summed E-state index contributed by atoms with van der Waals surface area (Å²) in [6.07, 6.45) is 6.60. The molecule has 0 bridgehead atoms. The Morgan fingerprint density at radius 3 is 1.57 bits per heavy atom. The monoisotopic (exact) mass is 280 g/mol. The van der Waals surface area contributed by atoms with Gasteiger partial charge in [-0.15, -0.1) is 0 Å². The van der Waals surface area contributed by atoms with Crippen LogP contribution in [0, 0.1) is 88.3 Å². The average Bonchev–Trinajstić information content (AvgIpc) is 3.16. The first-order valence-corrected chi connectivity index (χ1v) is 10.2. The number of hydrogen-bond donors (Lipinski definition) is 0. The average molecular weight is 280 g/mol. The molecule has 0 radical (unpaired) electrons. The van der Waals surface area contributed by atoms with Gasteiger partial charge in [-0.3, -0.25) is 0 Å². The van der Waals surface area contributed by atoms with Gasteiger partial charge < -0.3 is 0 Å². The largest absolute Gasteiger partial charge is 0.0619 e. The maximum absolute atomic E-state index is 2.85. The highest BCUT2D eigenvalue weighted by molar-refractivity contribution is 5.35. The Balaban J connectivity index is 1.52. The third-order valence-corrected chi connectivity index (χ3v) is 11.9. The summed E-state index contributed by atoms with van der Waals surface area (Å²) in [7, 11) is 0. The molecule has 8 rings (SSSR count). The molecule has 0 heteroatoms. The van der Waals surface area contributed by atoms with Gasteiger partial charge in [0, 0.05) is 0 Å². The van der Waals surface area contributed by atoms with E-state index in [0.717, 1.165) is 11.3 Å². The zero-order valence-electron chi connectivity index (χ0n) is 13.4. The second-order valence-corrected chi connectivity index (χ2v) is 11.1. The van der Waals surface area contributed by atoms with Crippen molar-refractivity contribution < 1.29 is 0 Å². The van der Waals surface area contributed by atoms with Crippen LogP contribution in [0.1, 0.15) is 39.5 Å². The van der Waals surface area contributed by atoms with Gasteiger partial charge in [-0.1, -0.05) is 13.8 Å². The van der Waals surface area contributed by atoms with Crippen LogP contribution in [-0.2, 0) is 0 Å². The van der Waals surface area contributed by atoms with Gasteiger partial charge in [0.2, 0.25) is 0 Å². The van der Waals surface area contributed by atoms with Crippen LogP contribution in [0.4, 0.5) is 0 Å². The first kappa shape index (κ1) is 10.7. The van der Waals surface area contributed by atoms with E-state index < -0.39 is 0 Å². The van der Waals surface area contributed by atoms with Crippen LogP contribution >= 0.6 is 0 Å². The maximum atomic E-state index is 2.85. The molecule has 8 aliphatic rings. The minimum atomic E-state index is 0.848. The molecule has 112 valence electrons. The van der Waals surface area contributed by atoms with Crippen LogP contribution in [0.2, 0.25) is 0 Å². The van der Waals surface area contributed by atoms with Crippen LogP contribution in [0.25, 0.3) is 0 Å². The van der Waals surface area contributed by atoms with Crippen molar-refractivity contribution in [3.8, 4) is 0 Å². The number of fused-ring (bicyclic) bond motifs is 4. The minimum Gasteiger partial charge on any atom is -0.0619 e. The topological polar surface area (TPSA) is 0 Å². The van der Waals surface area contributed by atoms with Gasteiger partial charge in [0.05, 0.1) is 0 Å². The van der Waals surface area contributed by atoms with E-state index in [4.69, 9.17) is 0 Å².